The van der Waals surface area contributed by atoms with Crippen LogP contribution in [-0.4, -0.2) is 24.3 Å². The second-order valence-electron chi connectivity index (χ2n) is 4.53. The minimum Gasteiger partial charge on any atom is -0.462 e. The molecular formula is C16H16O5. The molecule has 5 heteroatoms. The number of hydrogen-bond donors (Lipinski definition) is 0. The third-order valence-electron chi connectivity index (χ3n) is 3.05. The van der Waals surface area contributed by atoms with E-state index in [0.29, 0.717) is 17.5 Å². The van der Waals surface area contributed by atoms with Crippen molar-refractivity contribution < 1.29 is 23.9 Å². The largest absolute Gasteiger partial charge is 0.462 e. The van der Waals surface area contributed by atoms with Gasteiger partial charge >= 0.3 is 11.9 Å². The minimum absolute atomic E-state index is 0.00694. The number of benzene rings is 1. The van der Waals surface area contributed by atoms with E-state index in [1.165, 1.54) is 0 Å². The third-order valence-corrected chi connectivity index (χ3v) is 3.05. The predicted octanol–water partition coefficient (Wildman–Crippen LogP) is 2.50. The maximum absolute atomic E-state index is 12.2. The van der Waals surface area contributed by atoms with Crippen molar-refractivity contribution in [3.05, 3.63) is 41.0 Å². The molecule has 1 aliphatic rings. The van der Waals surface area contributed by atoms with Crippen molar-refractivity contribution in [2.75, 3.05) is 6.61 Å². The zero-order chi connectivity index (χ0) is 15.4. The molecule has 0 unspecified atom stereocenters. The predicted molar refractivity (Wildman–Crippen MR) is 75.3 cm³/mol. The first-order chi connectivity index (χ1) is 10.1. The fourth-order valence-corrected chi connectivity index (χ4v) is 2.14. The van der Waals surface area contributed by atoms with Gasteiger partial charge in [0.05, 0.1) is 12.2 Å². The first-order valence-electron chi connectivity index (χ1n) is 6.86. The molecule has 0 spiro atoms. The molecule has 5 nitrogen and oxygen atoms in total. The monoisotopic (exact) mass is 288 g/mol. The van der Waals surface area contributed by atoms with E-state index in [1.807, 2.05) is 6.92 Å². The molecule has 0 atom stereocenters. The van der Waals surface area contributed by atoms with E-state index in [-0.39, 0.29) is 30.1 Å². The van der Waals surface area contributed by atoms with Crippen molar-refractivity contribution >= 4 is 23.5 Å². The van der Waals surface area contributed by atoms with Gasteiger partial charge in [-0.2, -0.15) is 0 Å². The Morgan fingerprint density at radius 2 is 1.81 bits per heavy atom. The van der Waals surface area contributed by atoms with Crippen LogP contribution in [0, 0.1) is 0 Å². The molecule has 0 N–H and O–H groups in total. The maximum Gasteiger partial charge on any atom is 0.345 e. The van der Waals surface area contributed by atoms with Crippen LogP contribution in [-0.2, 0) is 19.1 Å². The van der Waals surface area contributed by atoms with Crippen LogP contribution in [0.1, 0.15) is 42.6 Å². The Kier molecular flexibility index (Phi) is 4.52. The lowest BCUT2D eigenvalue weighted by Gasteiger charge is -2.09. The van der Waals surface area contributed by atoms with E-state index >= 15 is 0 Å². The summed E-state index contributed by atoms with van der Waals surface area (Å²) in [5.41, 5.74) is 0.616. The summed E-state index contributed by atoms with van der Waals surface area (Å²) in [5, 5.41) is 0. The molecule has 0 aromatic heterocycles. The Morgan fingerprint density at radius 1 is 1.14 bits per heavy atom. The van der Waals surface area contributed by atoms with Gasteiger partial charge in [-0.05, 0) is 19.4 Å². The fraction of sp³-hybridized carbons (Fsp3) is 0.312. The Morgan fingerprint density at radius 3 is 2.43 bits per heavy atom. The van der Waals surface area contributed by atoms with Gasteiger partial charge in [-0.15, -0.1) is 0 Å². The van der Waals surface area contributed by atoms with Crippen molar-refractivity contribution in [2.45, 2.75) is 26.7 Å². The molecule has 21 heavy (non-hydrogen) atoms. The highest BCUT2D eigenvalue weighted by molar-refractivity contribution is 6.24. The van der Waals surface area contributed by atoms with Crippen LogP contribution >= 0.6 is 0 Å². The molecule has 0 saturated heterocycles. The summed E-state index contributed by atoms with van der Waals surface area (Å²) in [6.07, 6.45) is 0.780. The summed E-state index contributed by atoms with van der Waals surface area (Å²) in [7, 11) is 0. The normalized spacial score (nSPS) is 15.2. The first kappa shape index (κ1) is 15.0. The SMILES string of the molecule is CCCC(=O)/C(C(=O)OCC)=C1\OC(=O)c2ccccc21. The van der Waals surface area contributed by atoms with Crippen molar-refractivity contribution in [2.24, 2.45) is 0 Å². The Bertz CT molecular complexity index is 607. The molecule has 1 heterocycles. The zero-order valence-electron chi connectivity index (χ0n) is 12.0. The summed E-state index contributed by atoms with van der Waals surface area (Å²) in [5.74, 6) is -1.69. The van der Waals surface area contributed by atoms with Crippen LogP contribution in [0.25, 0.3) is 5.76 Å². The first-order valence-corrected chi connectivity index (χ1v) is 6.86. The number of carbonyl (C=O) groups is 3. The van der Waals surface area contributed by atoms with Gasteiger partial charge in [-0.3, -0.25) is 4.79 Å². The van der Waals surface area contributed by atoms with Gasteiger partial charge in [0.25, 0.3) is 0 Å². The molecule has 0 amide bonds. The Hall–Kier alpha value is -2.43. The molecule has 0 aliphatic carbocycles. The molecule has 0 bridgehead atoms. The Labute approximate surface area is 122 Å². The van der Waals surface area contributed by atoms with Gasteiger partial charge in [0.1, 0.15) is 5.57 Å². The number of ketones is 1. The second kappa shape index (κ2) is 6.35. The zero-order valence-corrected chi connectivity index (χ0v) is 12.0. The van der Waals surface area contributed by atoms with Gasteiger partial charge < -0.3 is 9.47 Å². The van der Waals surface area contributed by atoms with Gasteiger partial charge in [0, 0.05) is 12.0 Å². The summed E-state index contributed by atoms with van der Waals surface area (Å²) in [6, 6.07) is 6.65. The van der Waals surface area contributed by atoms with E-state index < -0.39 is 11.9 Å². The molecule has 2 rings (SSSR count). The lowest BCUT2D eigenvalue weighted by Crippen LogP contribution is -2.18. The number of rotatable bonds is 5. The molecule has 1 aromatic carbocycles. The van der Waals surface area contributed by atoms with Crippen molar-refractivity contribution in [1.29, 1.82) is 0 Å². The van der Waals surface area contributed by atoms with Crippen LogP contribution in [0.3, 0.4) is 0 Å². The standard InChI is InChI=1S/C16H16O5/c1-3-7-12(17)13(16(19)20-4-2)14-10-8-5-6-9-11(10)15(18)21-14/h5-6,8-9H,3-4,7H2,1-2H3/b14-13+. The van der Waals surface area contributed by atoms with Gasteiger partial charge in [-0.25, -0.2) is 9.59 Å². The maximum atomic E-state index is 12.2. The molecule has 0 radical (unpaired) electrons. The van der Waals surface area contributed by atoms with Crippen molar-refractivity contribution in [1.82, 2.24) is 0 Å². The number of esters is 2. The molecule has 1 aliphatic heterocycles. The number of hydrogen-bond acceptors (Lipinski definition) is 5. The van der Waals surface area contributed by atoms with Crippen LogP contribution in [0.2, 0.25) is 0 Å². The fourth-order valence-electron chi connectivity index (χ4n) is 2.14. The van der Waals surface area contributed by atoms with Crippen LogP contribution in [0.4, 0.5) is 0 Å². The van der Waals surface area contributed by atoms with E-state index in [1.54, 1.807) is 31.2 Å². The average molecular weight is 288 g/mol. The molecule has 1 aromatic rings. The van der Waals surface area contributed by atoms with E-state index in [0.717, 1.165) is 0 Å². The van der Waals surface area contributed by atoms with Crippen LogP contribution in [0.15, 0.2) is 29.8 Å². The quantitative estimate of drug-likeness (QED) is 0.360. The van der Waals surface area contributed by atoms with Gasteiger partial charge in [0.15, 0.2) is 11.5 Å². The summed E-state index contributed by atoms with van der Waals surface area (Å²) in [6.45, 7) is 3.63. The van der Waals surface area contributed by atoms with Crippen LogP contribution < -0.4 is 0 Å². The van der Waals surface area contributed by atoms with Gasteiger partial charge in [-0.1, -0.05) is 25.1 Å². The number of carbonyl (C=O) groups excluding carboxylic acids is 3. The van der Waals surface area contributed by atoms with Crippen LogP contribution in [0.5, 0.6) is 0 Å². The molecule has 0 saturated carbocycles. The van der Waals surface area contributed by atoms with Crippen molar-refractivity contribution in [3.8, 4) is 0 Å². The highest BCUT2D eigenvalue weighted by atomic mass is 16.6. The van der Waals surface area contributed by atoms with Gasteiger partial charge in [0.2, 0.25) is 0 Å². The number of ether oxygens (including phenoxy) is 2. The second-order valence-corrected chi connectivity index (χ2v) is 4.53. The number of fused-ring (bicyclic) bond motifs is 1. The topological polar surface area (TPSA) is 69.7 Å². The highest BCUT2D eigenvalue weighted by Gasteiger charge is 2.34. The summed E-state index contributed by atoms with van der Waals surface area (Å²) < 4.78 is 10.1. The van der Waals surface area contributed by atoms with Crippen molar-refractivity contribution in [3.63, 3.8) is 0 Å². The number of cyclic esters (lactones) is 1. The lowest BCUT2D eigenvalue weighted by molar-refractivity contribution is -0.140. The molecular weight excluding hydrogens is 272 g/mol. The van der Waals surface area contributed by atoms with E-state index in [9.17, 15) is 14.4 Å². The average Bonchev–Trinajstić information content (AvgIpc) is 2.78. The summed E-state index contributed by atoms with van der Waals surface area (Å²) in [4.78, 5) is 36.1. The molecule has 110 valence electrons. The Balaban J connectivity index is 2.57. The lowest BCUT2D eigenvalue weighted by atomic mass is 10.0. The van der Waals surface area contributed by atoms with E-state index in [4.69, 9.17) is 9.47 Å². The highest BCUT2D eigenvalue weighted by Crippen LogP contribution is 2.33. The van der Waals surface area contributed by atoms with E-state index in [2.05, 4.69) is 0 Å². The minimum atomic E-state index is -0.754. The number of Topliss-reactive ketones (excluding diaryl/α,β-unsaturated/α-hetero) is 1. The smallest absolute Gasteiger partial charge is 0.345 e. The third kappa shape index (κ3) is 2.86. The molecule has 0 fully saturated rings. The summed E-state index contributed by atoms with van der Waals surface area (Å²) >= 11 is 0.